The van der Waals surface area contributed by atoms with Gasteiger partial charge in [-0.2, -0.15) is 0 Å². The number of allylic oxidation sites excluding steroid dienone is 11. The Kier molecular flexibility index (Phi) is 31.5. The maximum Gasteiger partial charge on any atom is 0.306 e. The van der Waals surface area contributed by atoms with Gasteiger partial charge in [-0.25, -0.2) is 0 Å². The minimum Gasteiger partial charge on any atom is -0.756 e. The quantitative estimate of drug-likeness (QED) is 0.0150. The molecule has 0 spiro atoms. The van der Waals surface area contributed by atoms with Crippen LogP contribution in [0.5, 0.6) is 0 Å². The van der Waals surface area contributed by atoms with Crippen LogP contribution in [0.15, 0.2) is 72.9 Å². The molecule has 0 aromatic carbocycles. The zero-order valence-corrected chi connectivity index (χ0v) is 37.1. The first kappa shape index (κ1) is 52.4. The molecule has 0 amide bonds. The van der Waals surface area contributed by atoms with Crippen LogP contribution in [-0.2, 0) is 37.4 Å². The van der Waals surface area contributed by atoms with Gasteiger partial charge in [-0.15, -0.1) is 0 Å². The van der Waals surface area contributed by atoms with E-state index in [-0.39, 0.29) is 26.1 Å². The number of carbonyl (C=O) groups is 2. The van der Waals surface area contributed by atoms with E-state index in [0.717, 1.165) is 70.6 Å². The van der Waals surface area contributed by atoms with Gasteiger partial charge in [0.15, 0.2) is 6.10 Å². The van der Waals surface area contributed by atoms with Gasteiger partial charge in [-0.1, -0.05) is 125 Å². The normalized spacial score (nSPS) is 17.9. The number of phosphoric acid groups is 1. The summed E-state index contributed by atoms with van der Waals surface area (Å²) in [6.07, 6.45) is 43.9. The highest BCUT2D eigenvalue weighted by Crippen LogP contribution is 2.38. The molecule has 1 aliphatic rings. The molecule has 0 aromatic rings. The van der Waals surface area contributed by atoms with E-state index in [1.807, 2.05) is 27.2 Å². The van der Waals surface area contributed by atoms with Crippen LogP contribution in [0.3, 0.4) is 0 Å². The summed E-state index contributed by atoms with van der Waals surface area (Å²) in [6, 6.07) is 0. The van der Waals surface area contributed by atoms with Gasteiger partial charge < -0.3 is 32.6 Å². The summed E-state index contributed by atoms with van der Waals surface area (Å²) in [7, 11) is 1.10. The van der Waals surface area contributed by atoms with Crippen molar-refractivity contribution in [2.75, 3.05) is 47.5 Å². The fourth-order valence-corrected chi connectivity index (χ4v) is 6.36. The van der Waals surface area contributed by atoms with E-state index in [2.05, 4.69) is 80.7 Å². The number of quaternary nitrogens is 1. The zero-order chi connectivity index (χ0) is 41.9. The topological polar surface area (TPSA) is 124 Å². The molecule has 10 nitrogen and oxygen atoms in total. The molecule has 11 heteroatoms. The van der Waals surface area contributed by atoms with Crippen LogP contribution in [0.2, 0.25) is 0 Å². The lowest BCUT2D eigenvalue weighted by atomic mass is 10.1. The molecule has 3 unspecified atom stereocenters. The monoisotopic (exact) mass is 820 g/mol. The zero-order valence-electron chi connectivity index (χ0n) is 36.2. The van der Waals surface area contributed by atoms with Crippen LogP contribution in [0, 0.1) is 0 Å². The average Bonchev–Trinajstić information content (AvgIpc) is 3.91. The fraction of sp³-hybridized carbons (Fsp3) is 0.696. The lowest BCUT2D eigenvalue weighted by Crippen LogP contribution is -2.37. The van der Waals surface area contributed by atoms with Gasteiger partial charge in [-0.3, -0.25) is 14.2 Å². The molecule has 1 fully saturated rings. The molecule has 0 saturated carbocycles. The van der Waals surface area contributed by atoms with Gasteiger partial charge in [0.2, 0.25) is 0 Å². The minimum absolute atomic E-state index is 0.0499. The second-order valence-corrected chi connectivity index (χ2v) is 17.1. The van der Waals surface area contributed by atoms with Crippen molar-refractivity contribution in [2.24, 2.45) is 0 Å². The lowest BCUT2D eigenvalue weighted by molar-refractivity contribution is -0.870. The Morgan fingerprint density at radius 2 is 1.25 bits per heavy atom. The largest absolute Gasteiger partial charge is 0.756 e. The fourth-order valence-electron chi connectivity index (χ4n) is 5.64. The highest BCUT2D eigenvalue weighted by atomic mass is 31.2. The van der Waals surface area contributed by atoms with Gasteiger partial charge in [-0.05, 0) is 77.0 Å². The van der Waals surface area contributed by atoms with E-state index < -0.39 is 32.5 Å². The third-order valence-corrected chi connectivity index (χ3v) is 10.1. The standard InChI is InChI=1S/C46H78NO9P/c1-6-8-10-11-12-13-14-15-16-17-18-19-20-21-26-29-33-37-46(49)55-42(41-54-57(50,51)53-39-38-47(3,4)5)40-52-45(48)36-32-28-25-23-22-24-27-31-35-44-43(56-44)34-30-9-7-2/h8,10,12-13,15-16,18-19,21,26-27,31,42-44H,6-7,9,11,14,17,20,22-25,28-30,32-41H2,1-5H3/b10-8-,13-12-,16-15-,19-18-,26-21-,31-27-/t42-,43?,44?/m1/s1. The number of hydrogen-bond acceptors (Lipinski definition) is 9. The Labute approximate surface area is 346 Å². The number of unbranched alkanes of at least 4 members (excludes halogenated alkanes) is 8. The molecule has 0 N–H and O–H groups in total. The van der Waals surface area contributed by atoms with Crippen LogP contribution < -0.4 is 4.89 Å². The molecule has 0 aliphatic carbocycles. The van der Waals surface area contributed by atoms with Crippen molar-refractivity contribution in [1.82, 2.24) is 0 Å². The van der Waals surface area contributed by atoms with E-state index in [9.17, 15) is 19.0 Å². The first-order chi connectivity index (χ1) is 27.5. The van der Waals surface area contributed by atoms with Gasteiger partial charge in [0, 0.05) is 12.8 Å². The van der Waals surface area contributed by atoms with E-state index >= 15 is 0 Å². The van der Waals surface area contributed by atoms with Crippen molar-refractivity contribution in [2.45, 2.75) is 161 Å². The molecular formula is C46H78NO9P. The Bertz CT molecular complexity index is 1270. The SMILES string of the molecule is CC/C=C\C/C=C\C/C=C\C/C=C\C/C=C\CCCC(=O)O[C@H](COC(=O)CCCCCCC/C=C\CC1OC1CCCCC)COP(=O)([O-])OCC[N+](C)(C)C. The van der Waals surface area contributed by atoms with Crippen LogP contribution in [-0.4, -0.2) is 82.2 Å². The second-order valence-electron chi connectivity index (χ2n) is 15.7. The lowest BCUT2D eigenvalue weighted by Gasteiger charge is -2.28. The first-order valence-corrected chi connectivity index (χ1v) is 23.2. The molecule has 57 heavy (non-hydrogen) atoms. The van der Waals surface area contributed by atoms with E-state index in [4.69, 9.17) is 23.3 Å². The van der Waals surface area contributed by atoms with Gasteiger partial charge in [0.25, 0.3) is 7.82 Å². The van der Waals surface area contributed by atoms with Gasteiger partial charge in [0.1, 0.15) is 19.8 Å². The van der Waals surface area contributed by atoms with Gasteiger partial charge >= 0.3 is 11.9 Å². The van der Waals surface area contributed by atoms with E-state index in [0.29, 0.717) is 42.5 Å². The second kappa shape index (κ2) is 34.3. The van der Waals surface area contributed by atoms with E-state index in [1.165, 1.54) is 25.7 Å². The Hall–Kier alpha value is -2.59. The van der Waals surface area contributed by atoms with Crippen molar-refractivity contribution < 1.29 is 46.8 Å². The van der Waals surface area contributed by atoms with Crippen LogP contribution >= 0.6 is 7.82 Å². The average molecular weight is 820 g/mol. The molecular weight excluding hydrogens is 741 g/mol. The number of carbonyl (C=O) groups excluding carboxylic acids is 2. The number of phosphoric ester groups is 1. The van der Waals surface area contributed by atoms with Crippen molar-refractivity contribution in [1.29, 1.82) is 0 Å². The van der Waals surface area contributed by atoms with Gasteiger partial charge in [0.05, 0.1) is 40.0 Å². The molecule has 1 aliphatic heterocycles. The maximum atomic E-state index is 12.7. The number of ether oxygens (including phenoxy) is 3. The highest BCUT2D eigenvalue weighted by molar-refractivity contribution is 7.45. The number of esters is 2. The molecule has 4 atom stereocenters. The third-order valence-electron chi connectivity index (χ3n) is 9.13. The predicted octanol–water partition coefficient (Wildman–Crippen LogP) is 10.6. The number of epoxide rings is 1. The van der Waals surface area contributed by atoms with Crippen molar-refractivity contribution >= 4 is 19.8 Å². The van der Waals surface area contributed by atoms with Crippen LogP contribution in [0.1, 0.15) is 142 Å². The van der Waals surface area contributed by atoms with Crippen LogP contribution in [0.25, 0.3) is 0 Å². The minimum atomic E-state index is -4.65. The summed E-state index contributed by atoms with van der Waals surface area (Å²) in [4.78, 5) is 37.5. The van der Waals surface area contributed by atoms with Crippen molar-refractivity contribution in [3.05, 3.63) is 72.9 Å². The number of likely N-dealkylation sites (N-methyl/N-ethyl adjacent to an activating group) is 1. The Morgan fingerprint density at radius 1 is 0.667 bits per heavy atom. The van der Waals surface area contributed by atoms with E-state index in [1.54, 1.807) is 0 Å². The van der Waals surface area contributed by atoms with Crippen molar-refractivity contribution in [3.8, 4) is 0 Å². The molecule has 0 radical (unpaired) electrons. The summed E-state index contributed by atoms with van der Waals surface area (Å²) in [5.41, 5.74) is 0. The number of nitrogens with zero attached hydrogens (tertiary/aromatic N) is 1. The number of rotatable bonds is 37. The molecule has 0 aromatic heterocycles. The molecule has 1 heterocycles. The smallest absolute Gasteiger partial charge is 0.306 e. The summed E-state index contributed by atoms with van der Waals surface area (Å²) < 4.78 is 39.5. The first-order valence-electron chi connectivity index (χ1n) is 21.8. The summed E-state index contributed by atoms with van der Waals surface area (Å²) in [5.74, 6) is -0.932. The highest BCUT2D eigenvalue weighted by Gasteiger charge is 2.36. The summed E-state index contributed by atoms with van der Waals surface area (Å²) >= 11 is 0. The molecule has 1 rings (SSSR count). The van der Waals surface area contributed by atoms with Crippen molar-refractivity contribution in [3.63, 3.8) is 0 Å². The molecule has 326 valence electrons. The third kappa shape index (κ3) is 35.1. The predicted molar refractivity (Wildman–Crippen MR) is 230 cm³/mol. The number of hydrogen-bond donors (Lipinski definition) is 0. The van der Waals surface area contributed by atoms with Crippen LogP contribution in [0.4, 0.5) is 0 Å². The summed E-state index contributed by atoms with van der Waals surface area (Å²) in [6.45, 7) is 3.97. The Balaban J connectivity index is 2.34. The molecule has 1 saturated heterocycles. The maximum absolute atomic E-state index is 12.7. The summed E-state index contributed by atoms with van der Waals surface area (Å²) in [5, 5.41) is 0. The Morgan fingerprint density at radius 3 is 1.89 bits per heavy atom. The molecule has 0 bridgehead atoms.